The summed E-state index contributed by atoms with van der Waals surface area (Å²) in [6, 6.07) is 11.0. The minimum atomic E-state index is -0.334. The highest BCUT2D eigenvalue weighted by Gasteiger charge is 2.85. The lowest BCUT2D eigenvalue weighted by atomic mass is 9.95. The van der Waals surface area contributed by atoms with Crippen LogP contribution in [0.3, 0.4) is 0 Å². The van der Waals surface area contributed by atoms with Crippen LogP contribution in [0.15, 0.2) is 47.6 Å². The molecular formula is C32H40ClN7O2S. The number of hydrogen-bond acceptors (Lipinski definition) is 8. The quantitative estimate of drug-likeness (QED) is 0.129. The molecule has 3 N–H and O–H groups in total. The van der Waals surface area contributed by atoms with Crippen LogP contribution in [-0.4, -0.2) is 50.9 Å². The van der Waals surface area contributed by atoms with Crippen molar-refractivity contribution in [3.63, 3.8) is 0 Å². The highest BCUT2D eigenvalue weighted by atomic mass is 35.5. The van der Waals surface area contributed by atoms with Gasteiger partial charge >= 0.3 is 0 Å². The summed E-state index contributed by atoms with van der Waals surface area (Å²) in [5, 5.41) is 12.4. The second kappa shape index (κ2) is 11.4. The zero-order valence-electron chi connectivity index (χ0n) is 24.9. The first-order valence-electron chi connectivity index (χ1n) is 15.5. The Morgan fingerprint density at radius 1 is 1.12 bits per heavy atom. The Labute approximate surface area is 262 Å². The number of ether oxygens (including phenoxy) is 1. The van der Waals surface area contributed by atoms with E-state index in [1.165, 1.54) is 32.1 Å². The molecule has 3 aliphatic carbocycles. The number of carbonyl (C=O) groups is 1. The van der Waals surface area contributed by atoms with E-state index in [4.69, 9.17) is 16.3 Å². The monoisotopic (exact) mass is 621 g/mol. The normalized spacial score (nSPS) is 22.2. The summed E-state index contributed by atoms with van der Waals surface area (Å²) in [6.07, 6.45) is 11.0. The van der Waals surface area contributed by atoms with Crippen molar-refractivity contribution >= 4 is 29.5 Å². The maximum Gasteiger partial charge on any atom is 0.264 e. The van der Waals surface area contributed by atoms with Crippen LogP contribution in [0.5, 0.6) is 5.88 Å². The first kappa shape index (κ1) is 29.1. The van der Waals surface area contributed by atoms with Gasteiger partial charge in [-0.1, -0.05) is 17.7 Å². The molecule has 7 rings (SSSR count). The van der Waals surface area contributed by atoms with Crippen LogP contribution in [-0.2, 0) is 6.54 Å². The van der Waals surface area contributed by atoms with Gasteiger partial charge in [-0.15, -0.1) is 5.10 Å². The first-order chi connectivity index (χ1) is 20.8. The Morgan fingerprint density at radius 2 is 1.93 bits per heavy atom. The Morgan fingerprint density at radius 3 is 2.65 bits per heavy atom. The maximum absolute atomic E-state index is 12.9. The lowest BCUT2D eigenvalue weighted by Crippen LogP contribution is -2.31. The highest BCUT2D eigenvalue weighted by molar-refractivity contribution is 7.97. The minimum Gasteiger partial charge on any atom is -0.477 e. The predicted octanol–water partition coefficient (Wildman–Crippen LogP) is 5.58. The number of nitrogens with one attached hydrogen (secondary N) is 3. The molecule has 1 amide bonds. The topological polar surface area (TPSA) is 106 Å². The molecule has 1 aliphatic heterocycles. The molecule has 3 saturated carbocycles. The van der Waals surface area contributed by atoms with Crippen molar-refractivity contribution in [1.82, 2.24) is 35.1 Å². The van der Waals surface area contributed by atoms with Crippen LogP contribution < -0.4 is 20.1 Å². The summed E-state index contributed by atoms with van der Waals surface area (Å²) in [4.78, 5) is 22.0. The van der Waals surface area contributed by atoms with Crippen LogP contribution in [0.4, 0.5) is 0 Å². The highest BCUT2D eigenvalue weighted by Crippen LogP contribution is 2.93. The summed E-state index contributed by atoms with van der Waals surface area (Å²) in [7, 11) is 0. The van der Waals surface area contributed by atoms with Gasteiger partial charge in [-0.3, -0.25) is 9.52 Å². The maximum atomic E-state index is 12.9. The Bertz CT molecular complexity index is 1480. The molecule has 43 heavy (non-hydrogen) atoms. The number of amides is 1. The van der Waals surface area contributed by atoms with E-state index in [1.54, 1.807) is 23.0 Å². The van der Waals surface area contributed by atoms with Crippen molar-refractivity contribution in [2.75, 3.05) is 19.7 Å². The van der Waals surface area contributed by atoms with E-state index in [1.807, 2.05) is 24.3 Å². The fourth-order valence-corrected chi connectivity index (χ4v) is 8.50. The van der Waals surface area contributed by atoms with Crippen molar-refractivity contribution in [1.29, 1.82) is 0 Å². The van der Waals surface area contributed by atoms with Crippen molar-refractivity contribution < 1.29 is 9.53 Å². The number of pyridine rings is 2. The largest absolute Gasteiger partial charge is 0.477 e. The summed E-state index contributed by atoms with van der Waals surface area (Å²) in [5.41, 5.74) is 2.87. The van der Waals surface area contributed by atoms with Gasteiger partial charge in [-0.25, -0.2) is 14.6 Å². The van der Waals surface area contributed by atoms with Crippen molar-refractivity contribution in [2.24, 2.45) is 22.7 Å². The first-order valence-corrected chi connectivity index (χ1v) is 16.7. The molecule has 0 aromatic carbocycles. The summed E-state index contributed by atoms with van der Waals surface area (Å²) in [6.45, 7) is 7.94. The van der Waals surface area contributed by atoms with Crippen LogP contribution in [0.25, 0.3) is 5.82 Å². The van der Waals surface area contributed by atoms with E-state index in [2.05, 4.69) is 44.3 Å². The molecule has 11 heteroatoms. The van der Waals surface area contributed by atoms with Gasteiger partial charge in [0.25, 0.3) is 5.91 Å². The van der Waals surface area contributed by atoms with E-state index in [9.17, 15) is 4.79 Å². The fraction of sp³-hybridized carbons (Fsp3) is 0.562. The number of hydrogen-bond donors (Lipinski definition) is 3. The summed E-state index contributed by atoms with van der Waals surface area (Å²) in [5.74, 6) is 2.33. The zero-order valence-corrected chi connectivity index (χ0v) is 26.4. The average molecular weight is 622 g/mol. The number of carbonyl (C=O) groups excluding carboxylic acids is 1. The lowest BCUT2D eigenvalue weighted by molar-refractivity contribution is 0.0984. The number of fused-ring (bicyclic) bond motifs is 1. The lowest BCUT2D eigenvalue weighted by Gasteiger charge is -2.17. The Balaban J connectivity index is 0.863. The second-order valence-electron chi connectivity index (χ2n) is 13.4. The van der Waals surface area contributed by atoms with Crippen LogP contribution >= 0.6 is 23.5 Å². The number of rotatable bonds is 13. The minimum absolute atomic E-state index is 0.110. The number of halogens is 1. The Kier molecular flexibility index (Phi) is 7.68. The molecule has 1 unspecified atom stereocenters. The van der Waals surface area contributed by atoms with Crippen LogP contribution in [0.1, 0.15) is 74.8 Å². The van der Waals surface area contributed by atoms with Crippen molar-refractivity contribution in [3.8, 4) is 11.7 Å². The van der Waals surface area contributed by atoms with Gasteiger partial charge in [0.05, 0.1) is 17.9 Å². The molecule has 4 heterocycles. The van der Waals surface area contributed by atoms with Gasteiger partial charge in [0.15, 0.2) is 5.82 Å². The smallest absolute Gasteiger partial charge is 0.264 e. The number of nitrogens with zero attached hydrogens (tertiary/aromatic N) is 4. The molecule has 2 spiro atoms. The Hall–Kier alpha value is -2.66. The van der Waals surface area contributed by atoms with Crippen LogP contribution in [0.2, 0.25) is 5.15 Å². The van der Waals surface area contributed by atoms with Gasteiger partial charge < -0.3 is 15.4 Å². The predicted molar refractivity (Wildman–Crippen MR) is 167 cm³/mol. The van der Waals surface area contributed by atoms with Crippen molar-refractivity contribution in [3.05, 3.63) is 59.0 Å². The molecule has 3 aromatic heterocycles. The molecule has 1 saturated heterocycles. The molecule has 9 nitrogen and oxygen atoms in total. The van der Waals surface area contributed by atoms with E-state index < -0.39 is 0 Å². The molecule has 0 bridgehead atoms. The third kappa shape index (κ3) is 6.03. The van der Waals surface area contributed by atoms with E-state index >= 15 is 0 Å². The molecule has 1 atom stereocenters. The molecular weight excluding hydrogens is 582 g/mol. The fourth-order valence-electron chi connectivity index (χ4n) is 7.65. The van der Waals surface area contributed by atoms with Gasteiger partial charge in [0, 0.05) is 36.3 Å². The third-order valence-electron chi connectivity index (χ3n) is 10.1. The molecule has 4 fully saturated rings. The molecule has 4 aliphatic rings. The summed E-state index contributed by atoms with van der Waals surface area (Å²) >= 11 is 7.59. The molecule has 3 aromatic rings. The average Bonchev–Trinajstić information content (AvgIpc) is 3.94. The SMILES string of the molecule is CC1(C)CC(CCNCc2cccc(SNC(=O)c3ccc(-n4ccc(OCCC5C6(CC6)C56CC6)n4)nc3Cl)n2)CN1. The van der Waals surface area contributed by atoms with Gasteiger partial charge in [-0.2, -0.15) is 0 Å². The van der Waals surface area contributed by atoms with Gasteiger partial charge in [-0.05, 0) is 119 Å². The zero-order chi connectivity index (χ0) is 29.7. The second-order valence-corrected chi connectivity index (χ2v) is 14.6. The molecule has 0 radical (unpaired) electrons. The van der Waals surface area contributed by atoms with E-state index in [0.29, 0.717) is 46.6 Å². The van der Waals surface area contributed by atoms with Gasteiger partial charge in [0.1, 0.15) is 10.2 Å². The molecule has 228 valence electrons. The van der Waals surface area contributed by atoms with Crippen LogP contribution in [0, 0.1) is 22.7 Å². The van der Waals surface area contributed by atoms with Crippen molar-refractivity contribution in [2.45, 2.75) is 75.9 Å². The standard InChI is InChI=1S/C32H40ClN7O2S/c1-30(2)18-21(19-35-30)8-15-34-20-22-4-3-5-27(36-22)43-39-29(41)23-6-7-25(37-28(23)33)40-16-9-26(38-40)42-17-10-24-31(11-12-31)32(24)13-14-32/h3-7,9,16,21,24,34-35H,8,10-15,17-20H2,1-2H3,(H,39,41). The number of aromatic nitrogens is 4. The van der Waals surface area contributed by atoms with Gasteiger partial charge in [0.2, 0.25) is 5.88 Å². The van der Waals surface area contributed by atoms with E-state index in [0.717, 1.165) is 49.5 Å². The summed E-state index contributed by atoms with van der Waals surface area (Å²) < 4.78 is 10.4. The third-order valence-corrected chi connectivity index (χ3v) is 11.1. The van der Waals surface area contributed by atoms with E-state index in [-0.39, 0.29) is 22.2 Å².